The van der Waals surface area contributed by atoms with Crippen molar-refractivity contribution in [3.8, 4) is 0 Å². The highest BCUT2D eigenvalue weighted by atomic mass is 32.1. The van der Waals surface area contributed by atoms with Crippen LogP contribution in [0.5, 0.6) is 0 Å². The molecule has 1 aliphatic rings. The van der Waals surface area contributed by atoms with Crippen LogP contribution >= 0.6 is 23.6 Å². The summed E-state index contributed by atoms with van der Waals surface area (Å²) in [7, 11) is 1.42. The lowest BCUT2D eigenvalue weighted by Gasteiger charge is -2.13. The van der Waals surface area contributed by atoms with E-state index in [1.165, 1.54) is 12.0 Å². The van der Waals surface area contributed by atoms with Gasteiger partial charge in [-0.1, -0.05) is 12.1 Å². The molecule has 1 aromatic carbocycles. The molecule has 2 N–H and O–H groups in total. The number of benzene rings is 1. The minimum atomic E-state index is -0.309. The number of thiophene rings is 1. The predicted octanol–water partition coefficient (Wildman–Crippen LogP) is 4.47. The summed E-state index contributed by atoms with van der Waals surface area (Å²) >= 11 is 7.11. The number of aromatic nitrogens is 2. The van der Waals surface area contributed by atoms with Gasteiger partial charge in [-0.25, -0.2) is 4.79 Å². The van der Waals surface area contributed by atoms with E-state index >= 15 is 0 Å². The summed E-state index contributed by atoms with van der Waals surface area (Å²) in [5.41, 5.74) is 3.74. The lowest BCUT2D eigenvalue weighted by molar-refractivity contribution is 0.0601. The molecule has 1 aliphatic carbocycles. The average molecular weight is 427 g/mol. The van der Waals surface area contributed by atoms with Crippen molar-refractivity contribution in [2.24, 2.45) is 0 Å². The SMILES string of the molecule is COC(=O)c1c(NC(=S)Nc2cccc(Cn3cccn3)c2)sc2c1CCCC2. The molecule has 0 saturated heterocycles. The molecule has 6 nitrogen and oxygen atoms in total. The summed E-state index contributed by atoms with van der Waals surface area (Å²) in [4.78, 5) is 13.6. The van der Waals surface area contributed by atoms with Gasteiger partial charge in [0.1, 0.15) is 5.00 Å². The van der Waals surface area contributed by atoms with E-state index < -0.39 is 0 Å². The first-order chi connectivity index (χ1) is 14.1. The fourth-order valence-electron chi connectivity index (χ4n) is 3.57. The Morgan fingerprint density at radius 3 is 2.93 bits per heavy atom. The fraction of sp³-hybridized carbons (Fsp3) is 0.286. The molecule has 0 bridgehead atoms. The molecule has 0 amide bonds. The molecule has 0 saturated carbocycles. The summed E-state index contributed by atoms with van der Waals surface area (Å²) in [5.74, 6) is -0.309. The molecule has 2 heterocycles. The Bertz CT molecular complexity index is 1030. The van der Waals surface area contributed by atoms with E-state index in [9.17, 15) is 4.79 Å². The average Bonchev–Trinajstić information content (AvgIpc) is 3.34. The lowest BCUT2D eigenvalue weighted by Crippen LogP contribution is -2.20. The van der Waals surface area contributed by atoms with Crippen LogP contribution in [-0.4, -0.2) is 28.0 Å². The van der Waals surface area contributed by atoms with E-state index in [1.807, 2.05) is 41.2 Å². The number of aryl methyl sites for hydroxylation is 1. The van der Waals surface area contributed by atoms with Gasteiger partial charge in [0.15, 0.2) is 5.11 Å². The zero-order valence-corrected chi connectivity index (χ0v) is 17.7. The van der Waals surface area contributed by atoms with E-state index in [0.29, 0.717) is 17.2 Å². The Labute approximate surface area is 178 Å². The maximum absolute atomic E-state index is 12.4. The summed E-state index contributed by atoms with van der Waals surface area (Å²) in [6, 6.07) is 9.93. The molecule has 0 unspecified atom stereocenters. The van der Waals surface area contributed by atoms with Crippen molar-refractivity contribution in [3.63, 3.8) is 0 Å². The minimum absolute atomic E-state index is 0.309. The number of thiocarbonyl (C=S) groups is 1. The van der Waals surface area contributed by atoms with Gasteiger partial charge in [-0.3, -0.25) is 4.68 Å². The van der Waals surface area contributed by atoms with Gasteiger partial charge < -0.3 is 15.4 Å². The van der Waals surface area contributed by atoms with Crippen LogP contribution in [0.15, 0.2) is 42.7 Å². The first kappa shape index (κ1) is 19.6. The van der Waals surface area contributed by atoms with Gasteiger partial charge in [0.25, 0.3) is 0 Å². The van der Waals surface area contributed by atoms with Crippen LogP contribution in [0.3, 0.4) is 0 Å². The van der Waals surface area contributed by atoms with Crippen molar-refractivity contribution in [1.29, 1.82) is 0 Å². The van der Waals surface area contributed by atoms with E-state index in [4.69, 9.17) is 17.0 Å². The number of hydrogen-bond donors (Lipinski definition) is 2. The summed E-state index contributed by atoms with van der Waals surface area (Å²) in [6.45, 7) is 0.687. The van der Waals surface area contributed by atoms with Crippen LogP contribution in [0.4, 0.5) is 10.7 Å². The molecule has 0 fully saturated rings. The number of carbonyl (C=O) groups is 1. The summed E-state index contributed by atoms with van der Waals surface area (Å²) < 4.78 is 6.89. The lowest BCUT2D eigenvalue weighted by atomic mass is 9.95. The first-order valence-electron chi connectivity index (χ1n) is 9.51. The molecular formula is C21H22N4O2S2. The topological polar surface area (TPSA) is 68.2 Å². The molecule has 0 radical (unpaired) electrons. The van der Waals surface area contributed by atoms with Gasteiger partial charge in [0, 0.05) is 23.0 Å². The van der Waals surface area contributed by atoms with Crippen LogP contribution in [-0.2, 0) is 24.1 Å². The van der Waals surface area contributed by atoms with Crippen molar-refractivity contribution >= 4 is 45.3 Å². The predicted molar refractivity (Wildman–Crippen MR) is 120 cm³/mol. The van der Waals surface area contributed by atoms with Crippen LogP contribution in [0.1, 0.15) is 39.2 Å². The molecular weight excluding hydrogens is 404 g/mol. The third kappa shape index (κ3) is 4.49. The van der Waals surface area contributed by atoms with Crippen LogP contribution in [0, 0.1) is 0 Å². The van der Waals surface area contributed by atoms with Gasteiger partial charge in [-0.2, -0.15) is 5.10 Å². The number of nitrogens with one attached hydrogen (secondary N) is 2. The summed E-state index contributed by atoms with van der Waals surface area (Å²) in [6.07, 6.45) is 7.85. The molecule has 2 aromatic heterocycles. The number of anilines is 2. The maximum Gasteiger partial charge on any atom is 0.341 e. The zero-order valence-electron chi connectivity index (χ0n) is 16.1. The Morgan fingerprint density at radius 2 is 2.14 bits per heavy atom. The third-order valence-corrected chi connectivity index (χ3v) is 6.29. The molecule has 3 aromatic rings. The van der Waals surface area contributed by atoms with Crippen molar-refractivity contribution in [2.45, 2.75) is 32.2 Å². The third-order valence-electron chi connectivity index (χ3n) is 4.88. The maximum atomic E-state index is 12.4. The van der Waals surface area contributed by atoms with E-state index in [-0.39, 0.29) is 5.97 Å². The second kappa shape index (κ2) is 8.75. The monoisotopic (exact) mass is 426 g/mol. The number of ether oxygens (including phenoxy) is 1. The number of rotatable bonds is 5. The number of methoxy groups -OCH3 is 1. The van der Waals surface area contributed by atoms with Crippen molar-refractivity contribution in [2.75, 3.05) is 17.7 Å². The Balaban J connectivity index is 1.49. The number of carbonyl (C=O) groups excluding carboxylic acids is 1. The van der Waals surface area contributed by atoms with Gasteiger partial charge in [-0.15, -0.1) is 11.3 Å². The first-order valence-corrected chi connectivity index (χ1v) is 10.7. The number of fused-ring (bicyclic) bond motifs is 1. The van der Waals surface area contributed by atoms with Crippen molar-refractivity contribution in [1.82, 2.24) is 9.78 Å². The molecule has 150 valence electrons. The molecule has 0 atom stereocenters. The number of nitrogens with zero attached hydrogens (tertiary/aromatic N) is 2. The molecule has 0 aliphatic heterocycles. The molecule has 29 heavy (non-hydrogen) atoms. The van der Waals surface area contributed by atoms with Crippen LogP contribution in [0.2, 0.25) is 0 Å². The van der Waals surface area contributed by atoms with Crippen LogP contribution in [0.25, 0.3) is 0 Å². The smallest absolute Gasteiger partial charge is 0.341 e. The molecule has 8 heteroatoms. The molecule has 0 spiro atoms. The normalized spacial score (nSPS) is 12.9. The van der Waals surface area contributed by atoms with E-state index in [2.05, 4.69) is 15.7 Å². The quantitative estimate of drug-likeness (QED) is 0.464. The highest BCUT2D eigenvalue weighted by Crippen LogP contribution is 2.38. The Kier molecular flexibility index (Phi) is 5.92. The van der Waals surface area contributed by atoms with E-state index in [1.54, 1.807) is 17.5 Å². The van der Waals surface area contributed by atoms with Crippen LogP contribution < -0.4 is 10.6 Å². The zero-order chi connectivity index (χ0) is 20.2. The second-order valence-corrected chi connectivity index (χ2v) is 8.40. The van der Waals surface area contributed by atoms with Crippen molar-refractivity contribution < 1.29 is 9.53 Å². The highest BCUT2D eigenvalue weighted by molar-refractivity contribution is 7.80. The largest absolute Gasteiger partial charge is 0.465 e. The number of hydrogen-bond acceptors (Lipinski definition) is 5. The highest BCUT2D eigenvalue weighted by Gasteiger charge is 2.26. The number of esters is 1. The standard InChI is InChI=1S/C21H22N4O2S2/c1-27-20(26)18-16-8-2-3-9-17(16)29-19(18)24-21(28)23-15-7-4-6-14(12-15)13-25-11-5-10-22-25/h4-7,10-12H,2-3,8-9,13H2,1H3,(H2,23,24,28). The van der Waals surface area contributed by atoms with Crippen molar-refractivity contribution in [3.05, 3.63) is 64.3 Å². The Morgan fingerprint density at radius 1 is 1.28 bits per heavy atom. The van der Waals surface area contributed by atoms with Gasteiger partial charge >= 0.3 is 5.97 Å². The molecule has 4 rings (SSSR count). The minimum Gasteiger partial charge on any atom is -0.465 e. The second-order valence-electron chi connectivity index (χ2n) is 6.89. The van der Waals surface area contributed by atoms with Gasteiger partial charge in [0.2, 0.25) is 0 Å². The van der Waals surface area contributed by atoms with Gasteiger partial charge in [-0.05, 0) is 67.2 Å². The fourth-order valence-corrected chi connectivity index (χ4v) is 5.13. The Hall–Kier alpha value is -2.71. The summed E-state index contributed by atoms with van der Waals surface area (Å²) in [5, 5.41) is 11.9. The van der Waals surface area contributed by atoms with Gasteiger partial charge in [0.05, 0.1) is 19.2 Å². The van der Waals surface area contributed by atoms with E-state index in [0.717, 1.165) is 47.5 Å².